The molecule has 0 radical (unpaired) electrons. The second-order valence-corrected chi connectivity index (χ2v) is 6.67. The van der Waals surface area contributed by atoms with E-state index >= 15 is 0 Å². The number of carbonyl (C=O) groups is 1. The van der Waals surface area contributed by atoms with Crippen LogP contribution in [0.5, 0.6) is 0 Å². The Hall–Kier alpha value is -0.680. The minimum atomic E-state index is -0.0302. The molecule has 1 aromatic rings. The van der Waals surface area contributed by atoms with Gasteiger partial charge in [0.05, 0.1) is 0 Å². The van der Waals surface area contributed by atoms with Crippen molar-refractivity contribution in [3.8, 4) is 0 Å². The lowest BCUT2D eigenvalue weighted by Gasteiger charge is -2.13. The van der Waals surface area contributed by atoms with E-state index in [9.17, 15) is 4.79 Å². The zero-order valence-electron chi connectivity index (χ0n) is 10.3. The summed E-state index contributed by atoms with van der Waals surface area (Å²) >= 11 is 5.33. The van der Waals surface area contributed by atoms with Crippen LogP contribution in [0.25, 0.3) is 0 Å². The molecule has 0 aliphatic carbocycles. The Kier molecular flexibility index (Phi) is 4.56. The third kappa shape index (κ3) is 3.20. The number of nitrogens with two attached hydrogens (primary N) is 1. The summed E-state index contributed by atoms with van der Waals surface area (Å²) in [6.45, 7) is 2.64. The summed E-state index contributed by atoms with van der Waals surface area (Å²) in [5, 5.41) is 3.01. The first kappa shape index (κ1) is 13.7. The van der Waals surface area contributed by atoms with Crippen LogP contribution in [-0.4, -0.2) is 24.0 Å². The average Bonchev–Trinajstić information content (AvgIpc) is 2.83. The smallest absolute Gasteiger partial charge is 0.251 e. The van der Waals surface area contributed by atoms with E-state index in [1.807, 2.05) is 30.8 Å². The van der Waals surface area contributed by atoms with Gasteiger partial charge in [-0.05, 0) is 48.5 Å². The number of benzene rings is 1. The van der Waals surface area contributed by atoms with Gasteiger partial charge in [0.1, 0.15) is 0 Å². The summed E-state index contributed by atoms with van der Waals surface area (Å²) in [6, 6.07) is 3.64. The van der Waals surface area contributed by atoms with Gasteiger partial charge < -0.3 is 11.1 Å². The average molecular weight is 329 g/mol. The van der Waals surface area contributed by atoms with Crippen molar-refractivity contribution < 1.29 is 4.79 Å². The zero-order valence-corrected chi connectivity index (χ0v) is 12.7. The number of nitrogens with one attached hydrogen (secondary N) is 1. The van der Waals surface area contributed by atoms with Crippen molar-refractivity contribution in [1.29, 1.82) is 0 Å². The number of rotatable bonds is 3. The van der Waals surface area contributed by atoms with Crippen LogP contribution < -0.4 is 11.1 Å². The molecule has 1 amide bonds. The molecule has 2 rings (SSSR count). The Balaban J connectivity index is 2.04. The normalized spacial score (nSPS) is 18.9. The first-order chi connectivity index (χ1) is 8.58. The van der Waals surface area contributed by atoms with E-state index in [4.69, 9.17) is 5.73 Å². The van der Waals surface area contributed by atoms with Gasteiger partial charge in [-0.1, -0.05) is 15.9 Å². The number of anilines is 1. The van der Waals surface area contributed by atoms with Crippen LogP contribution in [0, 0.1) is 12.8 Å². The predicted octanol–water partition coefficient (Wildman–Crippen LogP) is 2.82. The lowest BCUT2D eigenvalue weighted by molar-refractivity contribution is 0.0948. The number of carbonyl (C=O) groups excluding carboxylic acids is 1. The van der Waals surface area contributed by atoms with Gasteiger partial charge >= 0.3 is 0 Å². The molecule has 1 aliphatic rings. The van der Waals surface area contributed by atoms with Gasteiger partial charge in [-0.3, -0.25) is 4.79 Å². The number of amides is 1. The fourth-order valence-electron chi connectivity index (χ4n) is 2.01. The van der Waals surface area contributed by atoms with Crippen LogP contribution >= 0.6 is 27.7 Å². The van der Waals surface area contributed by atoms with Gasteiger partial charge in [-0.25, -0.2) is 0 Å². The lowest BCUT2D eigenvalue weighted by atomic mass is 10.1. The molecule has 98 valence electrons. The Bertz CT molecular complexity index is 459. The van der Waals surface area contributed by atoms with Crippen molar-refractivity contribution >= 4 is 39.3 Å². The number of thioether (sulfide) groups is 1. The summed E-state index contributed by atoms with van der Waals surface area (Å²) in [5.74, 6) is 2.95. The summed E-state index contributed by atoms with van der Waals surface area (Å²) in [5.41, 5.74) is 8.01. The maximum absolute atomic E-state index is 12.1. The largest absolute Gasteiger partial charge is 0.398 e. The molecule has 0 saturated carbocycles. The summed E-state index contributed by atoms with van der Waals surface area (Å²) in [6.07, 6.45) is 1.20. The van der Waals surface area contributed by atoms with Crippen molar-refractivity contribution in [2.24, 2.45) is 5.92 Å². The van der Waals surface area contributed by atoms with Crippen molar-refractivity contribution in [1.82, 2.24) is 5.32 Å². The van der Waals surface area contributed by atoms with E-state index in [0.29, 0.717) is 17.2 Å². The fraction of sp³-hybridized carbons (Fsp3) is 0.462. The van der Waals surface area contributed by atoms with E-state index in [-0.39, 0.29) is 5.91 Å². The third-order valence-electron chi connectivity index (χ3n) is 3.23. The van der Waals surface area contributed by atoms with Gasteiger partial charge in [-0.15, -0.1) is 0 Å². The molecule has 1 fully saturated rings. The molecule has 0 bridgehead atoms. The summed E-state index contributed by atoms with van der Waals surface area (Å²) in [4.78, 5) is 12.1. The topological polar surface area (TPSA) is 55.1 Å². The molecule has 1 unspecified atom stereocenters. The first-order valence-electron chi connectivity index (χ1n) is 5.99. The second-order valence-electron chi connectivity index (χ2n) is 4.61. The monoisotopic (exact) mass is 328 g/mol. The van der Waals surface area contributed by atoms with E-state index < -0.39 is 0 Å². The van der Waals surface area contributed by atoms with Crippen LogP contribution in [0.3, 0.4) is 0 Å². The highest BCUT2D eigenvalue weighted by Gasteiger charge is 2.18. The minimum absolute atomic E-state index is 0.0302. The molecule has 1 heterocycles. The maximum atomic E-state index is 12.1. The number of nitrogen functional groups attached to an aromatic ring is 1. The van der Waals surface area contributed by atoms with Gasteiger partial charge in [0.25, 0.3) is 5.91 Å². The zero-order chi connectivity index (χ0) is 13.1. The standard InChI is InChI=1S/C13H17BrN2OS/c1-8-11(4-10(14)5-12(8)15)13(17)16-6-9-2-3-18-7-9/h4-5,9H,2-3,6-7,15H2,1H3,(H,16,17). The molecule has 0 spiro atoms. The van der Waals surface area contributed by atoms with Gasteiger partial charge in [0, 0.05) is 22.3 Å². The molecule has 1 saturated heterocycles. The molecule has 3 nitrogen and oxygen atoms in total. The van der Waals surface area contributed by atoms with E-state index in [0.717, 1.165) is 22.3 Å². The van der Waals surface area contributed by atoms with Crippen LogP contribution in [-0.2, 0) is 0 Å². The SMILES string of the molecule is Cc1c(N)cc(Br)cc1C(=O)NCC1CCSC1. The quantitative estimate of drug-likeness (QED) is 0.839. The predicted molar refractivity (Wildman–Crippen MR) is 81.1 cm³/mol. The van der Waals surface area contributed by atoms with Gasteiger partial charge in [0.2, 0.25) is 0 Å². The molecule has 5 heteroatoms. The number of halogens is 1. The van der Waals surface area contributed by atoms with E-state index in [2.05, 4.69) is 21.2 Å². The molecule has 0 aromatic heterocycles. The Labute approximate surface area is 120 Å². The Morgan fingerprint density at radius 1 is 1.61 bits per heavy atom. The molecule has 1 atom stereocenters. The van der Waals surface area contributed by atoms with Gasteiger partial charge in [-0.2, -0.15) is 11.8 Å². The molecule has 3 N–H and O–H groups in total. The number of hydrogen-bond donors (Lipinski definition) is 2. The highest BCUT2D eigenvalue weighted by atomic mass is 79.9. The molecule has 1 aliphatic heterocycles. The minimum Gasteiger partial charge on any atom is -0.398 e. The Morgan fingerprint density at radius 2 is 2.39 bits per heavy atom. The summed E-state index contributed by atoms with van der Waals surface area (Å²) in [7, 11) is 0. The highest BCUT2D eigenvalue weighted by molar-refractivity contribution is 9.10. The van der Waals surface area contributed by atoms with Crippen molar-refractivity contribution in [3.63, 3.8) is 0 Å². The molecule has 18 heavy (non-hydrogen) atoms. The fourth-order valence-corrected chi connectivity index (χ4v) is 3.77. The van der Waals surface area contributed by atoms with Gasteiger partial charge in [0.15, 0.2) is 0 Å². The summed E-state index contributed by atoms with van der Waals surface area (Å²) < 4.78 is 0.840. The third-order valence-corrected chi connectivity index (χ3v) is 4.92. The lowest BCUT2D eigenvalue weighted by Crippen LogP contribution is -2.30. The van der Waals surface area contributed by atoms with Crippen molar-refractivity contribution in [3.05, 3.63) is 27.7 Å². The molecular formula is C13H17BrN2OS. The van der Waals surface area contributed by atoms with Crippen LogP contribution in [0.1, 0.15) is 22.3 Å². The van der Waals surface area contributed by atoms with Crippen molar-refractivity contribution in [2.75, 3.05) is 23.8 Å². The van der Waals surface area contributed by atoms with Crippen LogP contribution in [0.4, 0.5) is 5.69 Å². The van der Waals surface area contributed by atoms with Crippen LogP contribution in [0.15, 0.2) is 16.6 Å². The second kappa shape index (κ2) is 5.97. The van der Waals surface area contributed by atoms with Crippen LogP contribution in [0.2, 0.25) is 0 Å². The molecule has 1 aromatic carbocycles. The molecular weight excluding hydrogens is 312 g/mol. The number of hydrogen-bond acceptors (Lipinski definition) is 3. The first-order valence-corrected chi connectivity index (χ1v) is 7.94. The van der Waals surface area contributed by atoms with Crippen molar-refractivity contribution in [2.45, 2.75) is 13.3 Å². The Morgan fingerprint density at radius 3 is 3.06 bits per heavy atom. The maximum Gasteiger partial charge on any atom is 0.251 e. The van der Waals surface area contributed by atoms with E-state index in [1.54, 1.807) is 0 Å². The van der Waals surface area contributed by atoms with E-state index in [1.165, 1.54) is 12.2 Å². The highest BCUT2D eigenvalue weighted by Crippen LogP contribution is 2.24.